The minimum atomic E-state index is -0.487. The fourth-order valence-electron chi connectivity index (χ4n) is 1.79. The Morgan fingerprint density at radius 3 is 2.32 bits per heavy atom. The van der Waals surface area contributed by atoms with Crippen molar-refractivity contribution in [3.63, 3.8) is 0 Å². The molecule has 0 aliphatic heterocycles. The SMILES string of the molecule is CCCCCCCN(C)CCNC(=O)C(C)(C)NC. The third-order valence-electron chi connectivity index (χ3n) is 3.62. The summed E-state index contributed by atoms with van der Waals surface area (Å²) in [6, 6.07) is 0. The zero-order valence-corrected chi connectivity index (χ0v) is 13.5. The monoisotopic (exact) mass is 271 g/mol. The predicted molar refractivity (Wildman–Crippen MR) is 82.4 cm³/mol. The van der Waals surface area contributed by atoms with Gasteiger partial charge in [0.05, 0.1) is 5.54 Å². The van der Waals surface area contributed by atoms with Gasteiger partial charge in [0, 0.05) is 13.1 Å². The first kappa shape index (κ1) is 18.4. The molecule has 0 aromatic carbocycles. The molecule has 114 valence electrons. The van der Waals surface area contributed by atoms with Gasteiger partial charge in [-0.1, -0.05) is 32.6 Å². The zero-order valence-electron chi connectivity index (χ0n) is 13.5. The van der Waals surface area contributed by atoms with E-state index in [1.54, 1.807) is 0 Å². The highest BCUT2D eigenvalue weighted by atomic mass is 16.2. The van der Waals surface area contributed by atoms with Crippen molar-refractivity contribution in [3.05, 3.63) is 0 Å². The van der Waals surface area contributed by atoms with Crippen molar-refractivity contribution in [3.8, 4) is 0 Å². The fraction of sp³-hybridized carbons (Fsp3) is 0.933. The zero-order chi connectivity index (χ0) is 14.7. The number of amides is 1. The molecule has 2 N–H and O–H groups in total. The van der Waals surface area contributed by atoms with E-state index in [2.05, 4.69) is 29.5 Å². The van der Waals surface area contributed by atoms with Crippen LogP contribution < -0.4 is 10.6 Å². The molecule has 0 spiro atoms. The van der Waals surface area contributed by atoms with Crippen LogP contribution in [-0.4, -0.2) is 50.1 Å². The van der Waals surface area contributed by atoms with E-state index < -0.39 is 5.54 Å². The van der Waals surface area contributed by atoms with Gasteiger partial charge in [-0.15, -0.1) is 0 Å². The van der Waals surface area contributed by atoms with Gasteiger partial charge in [0.15, 0.2) is 0 Å². The number of carbonyl (C=O) groups is 1. The van der Waals surface area contributed by atoms with E-state index in [1.165, 1.54) is 32.1 Å². The molecule has 0 saturated carbocycles. The number of nitrogens with one attached hydrogen (secondary N) is 2. The van der Waals surface area contributed by atoms with E-state index >= 15 is 0 Å². The van der Waals surface area contributed by atoms with Crippen LogP contribution >= 0.6 is 0 Å². The van der Waals surface area contributed by atoms with Crippen molar-refractivity contribution < 1.29 is 4.79 Å². The lowest BCUT2D eigenvalue weighted by Gasteiger charge is -2.24. The molecule has 0 unspecified atom stereocenters. The van der Waals surface area contributed by atoms with Crippen molar-refractivity contribution in [1.29, 1.82) is 0 Å². The summed E-state index contributed by atoms with van der Waals surface area (Å²) in [5.41, 5.74) is -0.487. The Morgan fingerprint density at radius 1 is 1.11 bits per heavy atom. The van der Waals surface area contributed by atoms with Gasteiger partial charge in [0.25, 0.3) is 0 Å². The molecule has 0 bridgehead atoms. The predicted octanol–water partition coefficient (Wildman–Crippen LogP) is 2.00. The van der Waals surface area contributed by atoms with Crippen LogP contribution in [0.5, 0.6) is 0 Å². The van der Waals surface area contributed by atoms with E-state index in [-0.39, 0.29) is 5.91 Å². The third-order valence-corrected chi connectivity index (χ3v) is 3.62. The van der Waals surface area contributed by atoms with Crippen LogP contribution in [0.25, 0.3) is 0 Å². The number of hydrogen-bond acceptors (Lipinski definition) is 3. The van der Waals surface area contributed by atoms with Crippen molar-refractivity contribution >= 4 is 5.91 Å². The molecule has 4 heteroatoms. The van der Waals surface area contributed by atoms with Gasteiger partial charge in [-0.2, -0.15) is 0 Å². The maximum atomic E-state index is 11.8. The number of carbonyl (C=O) groups excluding carboxylic acids is 1. The highest BCUT2D eigenvalue weighted by molar-refractivity contribution is 5.85. The molecule has 0 aliphatic rings. The highest BCUT2D eigenvalue weighted by Crippen LogP contribution is 2.03. The first-order valence-corrected chi connectivity index (χ1v) is 7.59. The molecule has 1 amide bonds. The van der Waals surface area contributed by atoms with Crippen LogP contribution in [-0.2, 0) is 4.79 Å². The second-order valence-electron chi connectivity index (χ2n) is 5.85. The molecule has 0 aromatic rings. The summed E-state index contributed by atoms with van der Waals surface area (Å²) in [4.78, 5) is 14.1. The average molecular weight is 271 g/mol. The van der Waals surface area contributed by atoms with E-state index in [1.807, 2.05) is 20.9 Å². The number of likely N-dealkylation sites (N-methyl/N-ethyl adjacent to an activating group) is 2. The molecule has 0 fully saturated rings. The number of nitrogens with zero attached hydrogens (tertiary/aromatic N) is 1. The van der Waals surface area contributed by atoms with Crippen molar-refractivity contribution in [2.45, 2.75) is 58.4 Å². The Kier molecular flexibility index (Phi) is 9.88. The summed E-state index contributed by atoms with van der Waals surface area (Å²) >= 11 is 0. The van der Waals surface area contributed by atoms with Gasteiger partial charge < -0.3 is 15.5 Å². The lowest BCUT2D eigenvalue weighted by molar-refractivity contribution is -0.126. The summed E-state index contributed by atoms with van der Waals surface area (Å²) in [5, 5.41) is 5.98. The second-order valence-corrected chi connectivity index (χ2v) is 5.85. The average Bonchev–Trinajstić information content (AvgIpc) is 2.38. The maximum absolute atomic E-state index is 11.8. The summed E-state index contributed by atoms with van der Waals surface area (Å²) in [5.74, 6) is 0.0614. The smallest absolute Gasteiger partial charge is 0.239 e. The van der Waals surface area contributed by atoms with Crippen LogP contribution in [0.4, 0.5) is 0 Å². The lowest BCUT2D eigenvalue weighted by atomic mass is 10.1. The summed E-state index contributed by atoms with van der Waals surface area (Å²) in [7, 11) is 3.93. The Bertz CT molecular complexity index is 242. The van der Waals surface area contributed by atoms with Gasteiger partial charge >= 0.3 is 0 Å². The molecule has 4 nitrogen and oxygen atoms in total. The lowest BCUT2D eigenvalue weighted by Crippen LogP contribution is -2.52. The Balaban J connectivity index is 3.58. The fourth-order valence-corrected chi connectivity index (χ4v) is 1.79. The largest absolute Gasteiger partial charge is 0.353 e. The van der Waals surface area contributed by atoms with Crippen LogP contribution in [0.1, 0.15) is 52.9 Å². The van der Waals surface area contributed by atoms with Gasteiger partial charge in [-0.3, -0.25) is 4.79 Å². The number of unbranched alkanes of at least 4 members (excludes halogenated alkanes) is 4. The van der Waals surface area contributed by atoms with Crippen LogP contribution in [0.2, 0.25) is 0 Å². The Labute approximate surface area is 119 Å². The van der Waals surface area contributed by atoms with Gasteiger partial charge in [0.1, 0.15) is 0 Å². The maximum Gasteiger partial charge on any atom is 0.239 e. The minimum absolute atomic E-state index is 0.0614. The van der Waals surface area contributed by atoms with E-state index in [0.717, 1.165) is 19.6 Å². The summed E-state index contributed by atoms with van der Waals surface area (Å²) in [6.45, 7) is 8.77. The van der Waals surface area contributed by atoms with Gasteiger partial charge in [0.2, 0.25) is 5.91 Å². The van der Waals surface area contributed by atoms with Gasteiger partial charge in [-0.05, 0) is 40.9 Å². The first-order valence-electron chi connectivity index (χ1n) is 7.59. The molecular weight excluding hydrogens is 238 g/mol. The molecule has 0 radical (unpaired) electrons. The molecule has 19 heavy (non-hydrogen) atoms. The first-order chi connectivity index (χ1) is 8.94. The van der Waals surface area contributed by atoms with E-state index in [9.17, 15) is 4.79 Å². The Hall–Kier alpha value is -0.610. The van der Waals surface area contributed by atoms with E-state index in [0.29, 0.717) is 0 Å². The summed E-state index contributed by atoms with van der Waals surface area (Å²) < 4.78 is 0. The Morgan fingerprint density at radius 2 is 1.74 bits per heavy atom. The van der Waals surface area contributed by atoms with Crippen molar-refractivity contribution in [2.24, 2.45) is 0 Å². The molecule has 0 atom stereocenters. The number of hydrogen-bond donors (Lipinski definition) is 2. The molecule has 0 aromatic heterocycles. The minimum Gasteiger partial charge on any atom is -0.353 e. The second kappa shape index (κ2) is 10.2. The third kappa shape index (κ3) is 9.00. The van der Waals surface area contributed by atoms with Crippen molar-refractivity contribution in [2.75, 3.05) is 33.7 Å². The van der Waals surface area contributed by atoms with Crippen LogP contribution in [0.3, 0.4) is 0 Å². The molecule has 0 rings (SSSR count). The molecular formula is C15H33N3O. The van der Waals surface area contributed by atoms with Crippen molar-refractivity contribution in [1.82, 2.24) is 15.5 Å². The summed E-state index contributed by atoms with van der Waals surface area (Å²) in [6.07, 6.45) is 6.56. The standard InChI is InChI=1S/C15H33N3O/c1-6-7-8-9-10-12-18(5)13-11-17-14(19)15(2,3)16-4/h16H,6-13H2,1-5H3,(H,17,19). The normalized spacial score (nSPS) is 11.9. The molecule has 0 heterocycles. The quantitative estimate of drug-likeness (QED) is 0.565. The topological polar surface area (TPSA) is 44.4 Å². The highest BCUT2D eigenvalue weighted by Gasteiger charge is 2.24. The van der Waals surface area contributed by atoms with Crippen LogP contribution in [0, 0.1) is 0 Å². The van der Waals surface area contributed by atoms with Gasteiger partial charge in [-0.25, -0.2) is 0 Å². The number of rotatable bonds is 11. The van der Waals surface area contributed by atoms with Crippen LogP contribution in [0.15, 0.2) is 0 Å². The molecule has 0 aliphatic carbocycles. The molecule has 0 saturated heterocycles. The van der Waals surface area contributed by atoms with E-state index in [4.69, 9.17) is 0 Å².